The summed E-state index contributed by atoms with van der Waals surface area (Å²) in [6.45, 7) is 0. The summed E-state index contributed by atoms with van der Waals surface area (Å²) in [5.41, 5.74) is 0. The fraction of sp³-hybridized carbons (Fsp3) is 0. The van der Waals surface area contributed by atoms with E-state index in [0.717, 1.165) is 0 Å². The lowest BCUT2D eigenvalue weighted by Crippen LogP contribution is -1.53. The minimum atomic E-state index is -2.32. The Morgan fingerprint density at radius 2 is 0.667 bits per heavy atom. The van der Waals surface area contributed by atoms with Crippen molar-refractivity contribution in [2.45, 2.75) is 0 Å². The van der Waals surface area contributed by atoms with Crippen molar-refractivity contribution in [3.8, 4) is 0 Å². The summed E-state index contributed by atoms with van der Waals surface area (Å²) in [5.74, 6) is 0. The van der Waals surface area contributed by atoms with Gasteiger partial charge in [-0.1, -0.05) is 0 Å². The summed E-state index contributed by atoms with van der Waals surface area (Å²) >= 11 is 3.80. The molecular weight excluding hydrogens is 322 g/mol. The molecule has 0 aromatic heterocycles. The number of hydrogen-bond donors (Lipinski definition) is 0. The second kappa shape index (κ2) is 7.66. The molecule has 0 fully saturated rings. The Hall–Kier alpha value is 0.0200. The zero-order valence-corrected chi connectivity index (χ0v) is 8.20. The maximum atomic E-state index is 10.9. The molecule has 8 heteroatoms. The van der Waals surface area contributed by atoms with Crippen molar-refractivity contribution < 1.29 is 26.3 Å². The second-order valence-electron chi connectivity index (χ2n) is 1.04. The van der Waals surface area contributed by atoms with Crippen LogP contribution in [0.4, 0.5) is 26.3 Å². The molecule has 0 nitrogen and oxygen atoms in total. The monoisotopic (exact) mass is 320 g/mol. The third-order valence-corrected chi connectivity index (χ3v) is 0.885. The average Bonchev–Trinajstić information content (AvgIpc) is 1.88. The molecule has 0 atom stereocenters. The van der Waals surface area contributed by atoms with Gasteiger partial charge in [0.2, 0.25) is 9.47 Å². The van der Waals surface area contributed by atoms with Crippen molar-refractivity contribution in [2.24, 2.45) is 0 Å². The van der Waals surface area contributed by atoms with Crippen LogP contribution in [0.5, 0.6) is 0 Å². The molecule has 0 aromatic carbocycles. The normalized spacial score (nSPS) is 8.00. The Balaban J connectivity index is 0. The molecule has 0 radical (unpaired) electrons. The third kappa shape index (κ3) is 12.7. The van der Waals surface area contributed by atoms with Gasteiger partial charge in [0.15, 0.2) is 0 Å². The van der Waals surface area contributed by atoms with Gasteiger partial charge in [0, 0.05) is 0 Å². The maximum absolute atomic E-state index is 10.9. The van der Waals surface area contributed by atoms with Crippen molar-refractivity contribution in [2.75, 3.05) is 0 Å². The molecule has 0 aliphatic heterocycles. The van der Waals surface area contributed by atoms with Gasteiger partial charge in [-0.25, -0.2) is 0 Å². The van der Waals surface area contributed by atoms with Crippen molar-refractivity contribution in [3.05, 3.63) is 21.6 Å². The molecule has 0 aliphatic rings. The zero-order chi connectivity index (χ0) is 10.3. The highest BCUT2D eigenvalue weighted by molar-refractivity contribution is 9.11. The van der Waals surface area contributed by atoms with Crippen LogP contribution in [0.2, 0.25) is 0 Å². The van der Waals surface area contributed by atoms with E-state index >= 15 is 0 Å². The second-order valence-corrected chi connectivity index (χ2v) is 2.43. The minimum absolute atomic E-state index is 1.59. The van der Waals surface area contributed by atoms with Crippen LogP contribution in [0.3, 0.4) is 0 Å². The van der Waals surface area contributed by atoms with Crippen molar-refractivity contribution in [1.29, 1.82) is 0 Å². The lowest BCUT2D eigenvalue weighted by Gasteiger charge is -1.71. The highest BCUT2D eigenvalue weighted by atomic mass is 79.9. The van der Waals surface area contributed by atoms with Crippen LogP contribution in [-0.4, -0.2) is 0 Å². The first-order valence-electron chi connectivity index (χ1n) is 2.01. The van der Waals surface area contributed by atoms with Crippen LogP contribution < -0.4 is 0 Å². The molecule has 0 aromatic rings. The summed E-state index contributed by atoms with van der Waals surface area (Å²) in [7, 11) is 0. The first kappa shape index (κ1) is 14.5. The largest absolute Gasteiger partial charge is 0.312 e. The molecule has 0 aliphatic carbocycles. The molecule has 72 valence electrons. The summed E-state index contributed by atoms with van der Waals surface area (Å²) in [5, 5.41) is 0. The number of hydrogen-bond acceptors (Lipinski definition) is 0. The topological polar surface area (TPSA) is 0 Å². The molecule has 12 heavy (non-hydrogen) atoms. The van der Waals surface area contributed by atoms with E-state index in [2.05, 4.69) is 0 Å². The van der Waals surface area contributed by atoms with E-state index in [1.165, 1.54) is 0 Å². The predicted molar refractivity (Wildman–Crippen MR) is 38.6 cm³/mol. The van der Waals surface area contributed by atoms with E-state index in [1.54, 1.807) is 0 Å². The average molecular weight is 322 g/mol. The lowest BCUT2D eigenvalue weighted by molar-refractivity contribution is 0.395. The van der Waals surface area contributed by atoms with E-state index in [-0.39, 0.29) is 0 Å². The van der Waals surface area contributed by atoms with Crippen molar-refractivity contribution in [3.63, 3.8) is 0 Å². The Kier molecular flexibility index (Phi) is 9.28. The molecule has 0 rings (SSSR count). The molecule has 0 spiro atoms. The van der Waals surface area contributed by atoms with Gasteiger partial charge in [-0.05, 0) is 31.9 Å². The van der Waals surface area contributed by atoms with Gasteiger partial charge in [0.1, 0.15) is 0 Å². The number of halogens is 8. The van der Waals surface area contributed by atoms with Gasteiger partial charge < -0.3 is 0 Å². The van der Waals surface area contributed by atoms with E-state index in [9.17, 15) is 26.3 Å². The third-order valence-electron chi connectivity index (χ3n) is 0.286. The standard InChI is InChI=1S/2C2BrF3/c2*3-1(4)2(5)6. The number of rotatable bonds is 0. The van der Waals surface area contributed by atoms with Gasteiger partial charge in [-0.3, -0.25) is 0 Å². The first-order chi connectivity index (χ1) is 5.29. The summed E-state index contributed by atoms with van der Waals surface area (Å²) < 4.78 is 61.0. The Morgan fingerprint density at radius 1 is 0.583 bits per heavy atom. The van der Waals surface area contributed by atoms with Crippen LogP contribution in [-0.2, 0) is 0 Å². The van der Waals surface area contributed by atoms with Crippen molar-refractivity contribution >= 4 is 31.9 Å². The molecule has 0 N–H and O–H groups in total. The van der Waals surface area contributed by atoms with Gasteiger partial charge in [-0.15, -0.1) is 0 Å². The van der Waals surface area contributed by atoms with Gasteiger partial charge in [-0.2, -0.15) is 26.3 Å². The lowest BCUT2D eigenvalue weighted by atomic mass is 11.1. The van der Waals surface area contributed by atoms with Crippen LogP contribution in [0, 0.1) is 0 Å². The van der Waals surface area contributed by atoms with Gasteiger partial charge >= 0.3 is 12.2 Å². The van der Waals surface area contributed by atoms with E-state index in [0.29, 0.717) is 0 Å². The summed E-state index contributed by atoms with van der Waals surface area (Å²) in [4.78, 5) is 0. The smallest absolute Gasteiger partial charge is 0.193 e. The predicted octanol–water partition coefficient (Wildman–Crippen LogP) is 4.83. The van der Waals surface area contributed by atoms with Crippen LogP contribution in [0.25, 0.3) is 0 Å². The fourth-order valence-electron chi connectivity index (χ4n) is 0. The SMILES string of the molecule is FC(F)=C(F)Br.FC(F)=C(F)Br. The first-order valence-corrected chi connectivity index (χ1v) is 3.60. The van der Waals surface area contributed by atoms with E-state index in [4.69, 9.17) is 0 Å². The highest BCUT2D eigenvalue weighted by Gasteiger charge is 1.95. The van der Waals surface area contributed by atoms with Crippen LogP contribution in [0.15, 0.2) is 21.6 Å². The zero-order valence-electron chi connectivity index (χ0n) is 5.02. The molecule has 0 bridgehead atoms. The fourth-order valence-corrected chi connectivity index (χ4v) is 0. The van der Waals surface area contributed by atoms with Gasteiger partial charge in [0.05, 0.1) is 0 Å². The van der Waals surface area contributed by atoms with Crippen LogP contribution in [0.1, 0.15) is 0 Å². The molecular formula is C4Br2F6. The Labute approximate surface area is 80.2 Å². The molecule has 0 amide bonds. The Bertz CT molecular complexity index is 140. The quantitative estimate of drug-likeness (QED) is 0.560. The van der Waals surface area contributed by atoms with E-state index in [1.807, 2.05) is 31.9 Å². The molecule has 0 heterocycles. The highest BCUT2D eigenvalue weighted by Crippen LogP contribution is 2.14. The molecule has 0 unspecified atom stereocenters. The van der Waals surface area contributed by atoms with E-state index < -0.39 is 21.6 Å². The molecule has 0 saturated carbocycles. The van der Waals surface area contributed by atoms with Gasteiger partial charge in [0.25, 0.3) is 0 Å². The minimum Gasteiger partial charge on any atom is -0.193 e. The Morgan fingerprint density at radius 3 is 0.667 bits per heavy atom. The summed E-state index contributed by atoms with van der Waals surface area (Å²) in [6.07, 6.45) is -4.65. The van der Waals surface area contributed by atoms with Crippen molar-refractivity contribution in [1.82, 2.24) is 0 Å². The maximum Gasteiger partial charge on any atom is 0.312 e. The van der Waals surface area contributed by atoms with Crippen LogP contribution >= 0.6 is 31.9 Å². The molecule has 0 saturated heterocycles. The summed E-state index contributed by atoms with van der Waals surface area (Å²) in [6, 6.07) is 0.